The first-order chi connectivity index (χ1) is 15.9. The number of sulfonamides is 1. The molecule has 0 N–H and O–H groups in total. The number of fused-ring (bicyclic) bond motifs is 1. The van der Waals surface area contributed by atoms with Gasteiger partial charge in [-0.15, -0.1) is 0 Å². The predicted molar refractivity (Wildman–Crippen MR) is 131 cm³/mol. The third-order valence-corrected chi connectivity index (χ3v) is 8.76. The lowest BCUT2D eigenvalue weighted by atomic mass is 10.1. The van der Waals surface area contributed by atoms with Crippen molar-refractivity contribution in [3.05, 3.63) is 76.4 Å². The minimum Gasteiger partial charge on any atom is -0.305 e. The summed E-state index contributed by atoms with van der Waals surface area (Å²) in [5.41, 5.74) is 3.25. The second-order valence-corrected chi connectivity index (χ2v) is 10.9. The molecular weight excluding hydrogens is 479 g/mol. The van der Waals surface area contributed by atoms with Gasteiger partial charge in [0.25, 0.3) is 0 Å². The summed E-state index contributed by atoms with van der Waals surface area (Å²) >= 11 is 12.7. The molecule has 0 aliphatic carbocycles. The highest BCUT2D eigenvalue weighted by atomic mass is 35.5. The van der Waals surface area contributed by atoms with Crippen molar-refractivity contribution < 1.29 is 8.42 Å². The van der Waals surface area contributed by atoms with Crippen molar-refractivity contribution in [2.75, 3.05) is 13.1 Å². The van der Waals surface area contributed by atoms with Crippen molar-refractivity contribution in [3.8, 4) is 11.4 Å². The second kappa shape index (κ2) is 8.72. The molecule has 1 aliphatic heterocycles. The number of rotatable bonds is 4. The number of piperidine rings is 1. The standard InChI is InChI=1S/C24H22Cl2N4O2S/c1-16-8-9-18(15-21(16)26)33(31,32)29-13-10-17(11-14-29)30-23(19-5-2-3-6-20(19)25)28-22-7-4-12-27-24(22)30/h2-9,12,15,17H,10-11,13-14H2,1H3. The van der Waals surface area contributed by atoms with Crippen molar-refractivity contribution in [3.63, 3.8) is 0 Å². The summed E-state index contributed by atoms with van der Waals surface area (Å²) in [6.07, 6.45) is 3.02. The van der Waals surface area contributed by atoms with Gasteiger partial charge in [0.15, 0.2) is 5.65 Å². The summed E-state index contributed by atoms with van der Waals surface area (Å²) < 4.78 is 30.1. The molecule has 0 spiro atoms. The quantitative estimate of drug-likeness (QED) is 0.358. The number of imidazole rings is 1. The number of halogens is 2. The van der Waals surface area contributed by atoms with E-state index in [-0.39, 0.29) is 10.9 Å². The van der Waals surface area contributed by atoms with Gasteiger partial charge in [0, 0.05) is 35.9 Å². The number of benzene rings is 2. The molecule has 0 amide bonds. The molecular formula is C24H22Cl2N4O2S. The first-order valence-corrected chi connectivity index (χ1v) is 12.9. The zero-order valence-electron chi connectivity index (χ0n) is 17.9. The van der Waals surface area contributed by atoms with E-state index in [9.17, 15) is 8.42 Å². The topological polar surface area (TPSA) is 68.1 Å². The van der Waals surface area contributed by atoms with Crippen molar-refractivity contribution in [1.82, 2.24) is 18.8 Å². The Bertz CT molecular complexity index is 1440. The minimum absolute atomic E-state index is 0.0456. The lowest BCUT2D eigenvalue weighted by Gasteiger charge is -2.32. The van der Waals surface area contributed by atoms with E-state index >= 15 is 0 Å². The van der Waals surface area contributed by atoms with Gasteiger partial charge in [0.1, 0.15) is 11.3 Å². The van der Waals surface area contributed by atoms with Gasteiger partial charge in [0.05, 0.1) is 9.92 Å². The molecule has 1 aliphatic rings. The molecule has 170 valence electrons. The third kappa shape index (κ3) is 4.04. The summed E-state index contributed by atoms with van der Waals surface area (Å²) in [6.45, 7) is 2.64. The van der Waals surface area contributed by atoms with Crippen molar-refractivity contribution in [2.24, 2.45) is 0 Å². The molecule has 33 heavy (non-hydrogen) atoms. The second-order valence-electron chi connectivity index (χ2n) is 8.18. The maximum atomic E-state index is 13.2. The number of hydrogen-bond acceptors (Lipinski definition) is 4. The van der Waals surface area contributed by atoms with Crippen LogP contribution in [0.4, 0.5) is 0 Å². The molecule has 2 aromatic carbocycles. The van der Waals surface area contributed by atoms with Crippen molar-refractivity contribution in [1.29, 1.82) is 0 Å². The van der Waals surface area contributed by atoms with E-state index < -0.39 is 10.0 Å². The summed E-state index contributed by atoms with van der Waals surface area (Å²) in [5.74, 6) is 0.751. The maximum absolute atomic E-state index is 13.2. The van der Waals surface area contributed by atoms with E-state index in [1.165, 1.54) is 10.4 Å². The molecule has 0 unspecified atom stereocenters. The van der Waals surface area contributed by atoms with Gasteiger partial charge in [-0.3, -0.25) is 0 Å². The highest BCUT2D eigenvalue weighted by Crippen LogP contribution is 2.36. The van der Waals surface area contributed by atoms with Crippen LogP contribution in [0.1, 0.15) is 24.4 Å². The van der Waals surface area contributed by atoms with Crippen LogP contribution >= 0.6 is 23.2 Å². The Labute approximate surface area is 202 Å². The van der Waals surface area contributed by atoms with Gasteiger partial charge in [-0.25, -0.2) is 18.4 Å². The minimum atomic E-state index is -3.62. The smallest absolute Gasteiger partial charge is 0.243 e. The fourth-order valence-electron chi connectivity index (χ4n) is 4.33. The Morgan fingerprint density at radius 1 is 0.970 bits per heavy atom. The SMILES string of the molecule is Cc1ccc(S(=O)(=O)N2CCC(n3c(-c4ccccc4Cl)nc4cccnc43)CC2)cc1Cl. The summed E-state index contributed by atoms with van der Waals surface area (Å²) in [6, 6.07) is 16.3. The number of pyridine rings is 1. The summed E-state index contributed by atoms with van der Waals surface area (Å²) in [4.78, 5) is 9.62. The van der Waals surface area contributed by atoms with Crippen LogP contribution in [0.15, 0.2) is 65.7 Å². The summed E-state index contributed by atoms with van der Waals surface area (Å²) in [5, 5.41) is 1.07. The Balaban J connectivity index is 1.47. The molecule has 0 saturated carbocycles. The van der Waals surface area contributed by atoms with Gasteiger partial charge in [-0.1, -0.05) is 41.4 Å². The third-order valence-electron chi connectivity index (χ3n) is 6.13. The molecule has 6 nitrogen and oxygen atoms in total. The molecule has 5 rings (SSSR count). The Morgan fingerprint density at radius 3 is 2.45 bits per heavy atom. The first kappa shape index (κ1) is 22.3. The van der Waals surface area contributed by atoms with Crippen molar-refractivity contribution in [2.45, 2.75) is 30.7 Å². The summed E-state index contributed by atoms with van der Waals surface area (Å²) in [7, 11) is -3.62. The van der Waals surface area contributed by atoms with Crippen molar-refractivity contribution >= 4 is 44.4 Å². The lowest BCUT2D eigenvalue weighted by Crippen LogP contribution is -2.39. The Hall–Kier alpha value is -2.45. The van der Waals surface area contributed by atoms with Crippen LogP contribution in [0.25, 0.3) is 22.6 Å². The van der Waals surface area contributed by atoms with Crippen LogP contribution in [-0.4, -0.2) is 40.3 Å². The van der Waals surface area contributed by atoms with E-state index in [0.29, 0.717) is 36.0 Å². The first-order valence-electron chi connectivity index (χ1n) is 10.7. The molecule has 2 aromatic heterocycles. The van der Waals surface area contributed by atoms with Crippen LogP contribution in [-0.2, 0) is 10.0 Å². The van der Waals surface area contributed by atoms with E-state index in [0.717, 1.165) is 28.1 Å². The fourth-order valence-corrected chi connectivity index (χ4v) is 6.29. The monoisotopic (exact) mass is 500 g/mol. The maximum Gasteiger partial charge on any atom is 0.243 e. The molecule has 0 radical (unpaired) electrons. The zero-order valence-corrected chi connectivity index (χ0v) is 20.3. The van der Waals surface area contributed by atoms with Gasteiger partial charge in [-0.05, 0) is 61.7 Å². The number of hydrogen-bond donors (Lipinski definition) is 0. The molecule has 9 heteroatoms. The average Bonchev–Trinajstić information content (AvgIpc) is 3.20. The molecule has 0 bridgehead atoms. The van der Waals surface area contributed by atoms with E-state index in [4.69, 9.17) is 28.2 Å². The van der Waals surface area contributed by atoms with Crippen LogP contribution in [0.2, 0.25) is 10.0 Å². The van der Waals surface area contributed by atoms with Gasteiger partial charge >= 0.3 is 0 Å². The highest BCUT2D eigenvalue weighted by Gasteiger charge is 2.32. The van der Waals surface area contributed by atoms with E-state index in [1.54, 1.807) is 18.3 Å². The molecule has 4 aromatic rings. The lowest BCUT2D eigenvalue weighted by molar-refractivity contribution is 0.278. The number of nitrogens with zero attached hydrogens (tertiary/aromatic N) is 4. The average molecular weight is 501 g/mol. The van der Waals surface area contributed by atoms with Crippen LogP contribution < -0.4 is 0 Å². The van der Waals surface area contributed by atoms with Gasteiger partial charge < -0.3 is 4.57 Å². The zero-order chi connectivity index (χ0) is 23.2. The van der Waals surface area contributed by atoms with Crippen LogP contribution in [0.5, 0.6) is 0 Å². The van der Waals surface area contributed by atoms with E-state index in [1.807, 2.05) is 43.3 Å². The Morgan fingerprint density at radius 2 is 1.73 bits per heavy atom. The van der Waals surface area contributed by atoms with Gasteiger partial charge in [-0.2, -0.15) is 4.31 Å². The van der Waals surface area contributed by atoms with Gasteiger partial charge in [0.2, 0.25) is 10.0 Å². The fraction of sp³-hybridized carbons (Fsp3) is 0.250. The highest BCUT2D eigenvalue weighted by molar-refractivity contribution is 7.89. The normalized spacial score (nSPS) is 15.8. The van der Waals surface area contributed by atoms with Crippen LogP contribution in [0, 0.1) is 6.92 Å². The Kier molecular flexibility index (Phi) is 5.91. The molecule has 1 saturated heterocycles. The molecule has 0 atom stereocenters. The molecule has 1 fully saturated rings. The largest absolute Gasteiger partial charge is 0.305 e. The number of aromatic nitrogens is 3. The molecule has 3 heterocycles. The number of aryl methyl sites for hydroxylation is 1. The van der Waals surface area contributed by atoms with Crippen LogP contribution in [0.3, 0.4) is 0 Å². The van der Waals surface area contributed by atoms with E-state index in [2.05, 4.69) is 9.55 Å². The predicted octanol–water partition coefficient (Wildman–Crippen LogP) is 5.74.